The zero-order valence-electron chi connectivity index (χ0n) is 16.8. The highest BCUT2D eigenvalue weighted by Gasteiger charge is 2.26. The Morgan fingerprint density at radius 2 is 1.89 bits per heavy atom. The molecule has 1 fully saturated rings. The molecule has 3 heterocycles. The Morgan fingerprint density at radius 3 is 2.68 bits per heavy atom. The van der Waals surface area contributed by atoms with Crippen LogP contribution in [0.4, 0.5) is 5.82 Å². The third-order valence-electron chi connectivity index (χ3n) is 6.19. The molecule has 1 aromatic carbocycles. The van der Waals surface area contributed by atoms with Crippen LogP contribution in [0, 0.1) is 5.92 Å². The van der Waals surface area contributed by atoms with E-state index in [1.54, 1.807) is 7.11 Å². The van der Waals surface area contributed by atoms with Crippen molar-refractivity contribution in [2.75, 3.05) is 25.1 Å². The first kappa shape index (κ1) is 17.5. The second kappa shape index (κ2) is 7.12. The van der Waals surface area contributed by atoms with Crippen molar-refractivity contribution in [3.8, 4) is 17.0 Å². The Bertz CT molecular complexity index is 992. The van der Waals surface area contributed by atoms with E-state index in [1.165, 1.54) is 42.8 Å². The van der Waals surface area contributed by atoms with E-state index in [2.05, 4.69) is 34.5 Å². The molecule has 3 aromatic rings. The molecule has 0 radical (unpaired) electrons. The van der Waals surface area contributed by atoms with E-state index in [1.807, 2.05) is 12.1 Å². The number of benzene rings is 1. The number of rotatable bonds is 3. The van der Waals surface area contributed by atoms with Crippen LogP contribution in [0.1, 0.15) is 43.9 Å². The van der Waals surface area contributed by atoms with Crippen molar-refractivity contribution in [2.45, 2.75) is 45.4 Å². The van der Waals surface area contributed by atoms with E-state index in [9.17, 15) is 0 Å². The maximum absolute atomic E-state index is 5.30. The minimum absolute atomic E-state index is 0.729. The van der Waals surface area contributed by atoms with Crippen molar-refractivity contribution in [3.63, 3.8) is 0 Å². The topological polar surface area (TPSA) is 42.7 Å². The largest absolute Gasteiger partial charge is 0.497 e. The molecule has 1 saturated heterocycles. The fourth-order valence-corrected chi connectivity index (χ4v) is 4.74. The third kappa shape index (κ3) is 3.03. The minimum atomic E-state index is 0.729. The molecular formula is C23H28N4O. The van der Waals surface area contributed by atoms with Crippen LogP contribution >= 0.6 is 0 Å². The number of aryl methyl sites for hydroxylation is 1. The Morgan fingerprint density at radius 1 is 1.07 bits per heavy atom. The van der Waals surface area contributed by atoms with E-state index in [0.29, 0.717) is 0 Å². The van der Waals surface area contributed by atoms with Gasteiger partial charge >= 0.3 is 0 Å². The van der Waals surface area contributed by atoms with Crippen molar-refractivity contribution in [3.05, 3.63) is 41.6 Å². The van der Waals surface area contributed by atoms with Crippen LogP contribution in [0.5, 0.6) is 5.75 Å². The van der Waals surface area contributed by atoms with Gasteiger partial charge in [0, 0.05) is 36.0 Å². The fraction of sp³-hybridized carbons (Fsp3) is 0.478. The van der Waals surface area contributed by atoms with Gasteiger partial charge in [0.25, 0.3) is 0 Å². The molecule has 1 atom stereocenters. The van der Waals surface area contributed by atoms with Crippen molar-refractivity contribution in [1.29, 1.82) is 0 Å². The molecule has 0 spiro atoms. The first-order valence-electron chi connectivity index (χ1n) is 10.5. The molecule has 2 aromatic heterocycles. The fourth-order valence-electron chi connectivity index (χ4n) is 4.74. The average molecular weight is 377 g/mol. The van der Waals surface area contributed by atoms with Crippen LogP contribution in [0.2, 0.25) is 0 Å². The standard InChI is InChI=1S/C23H28N4O/c1-16-6-5-13-26(15-16)23-19-7-3-4-8-20(19)24-22-14-21(25-27(22)23)17-9-11-18(28-2)12-10-17/h9-12,14,16H,3-8,13,15H2,1-2H3/t16-/m1/s1. The molecule has 146 valence electrons. The summed E-state index contributed by atoms with van der Waals surface area (Å²) in [5.41, 5.74) is 5.76. The predicted octanol–water partition coefficient (Wildman–Crippen LogP) is 4.52. The highest BCUT2D eigenvalue weighted by Crippen LogP contribution is 2.34. The van der Waals surface area contributed by atoms with E-state index < -0.39 is 0 Å². The van der Waals surface area contributed by atoms with Crippen LogP contribution in [-0.2, 0) is 12.8 Å². The monoisotopic (exact) mass is 376 g/mol. The zero-order chi connectivity index (χ0) is 19.1. The summed E-state index contributed by atoms with van der Waals surface area (Å²) >= 11 is 0. The van der Waals surface area contributed by atoms with E-state index in [4.69, 9.17) is 14.8 Å². The third-order valence-corrected chi connectivity index (χ3v) is 6.19. The van der Waals surface area contributed by atoms with Crippen molar-refractivity contribution in [1.82, 2.24) is 14.6 Å². The molecule has 5 heteroatoms. The van der Waals surface area contributed by atoms with Gasteiger partial charge in [0.15, 0.2) is 5.65 Å². The van der Waals surface area contributed by atoms with Gasteiger partial charge in [-0.3, -0.25) is 0 Å². The SMILES string of the molecule is COc1ccc(-c2cc3nc4c(c(N5CCC[C@@H](C)C5)n3n2)CCCC4)cc1. The van der Waals surface area contributed by atoms with Crippen LogP contribution in [0.3, 0.4) is 0 Å². The molecule has 0 bridgehead atoms. The highest BCUT2D eigenvalue weighted by molar-refractivity contribution is 5.68. The van der Waals surface area contributed by atoms with Gasteiger partial charge in [0.2, 0.25) is 0 Å². The molecule has 1 aliphatic carbocycles. The van der Waals surface area contributed by atoms with E-state index in [-0.39, 0.29) is 0 Å². The lowest BCUT2D eigenvalue weighted by atomic mass is 9.94. The number of aromatic nitrogens is 3. The molecule has 0 amide bonds. The summed E-state index contributed by atoms with van der Waals surface area (Å²) in [5, 5.41) is 5.02. The highest BCUT2D eigenvalue weighted by atomic mass is 16.5. The lowest BCUT2D eigenvalue weighted by molar-refractivity contribution is 0.415. The number of piperidine rings is 1. The van der Waals surface area contributed by atoms with E-state index >= 15 is 0 Å². The van der Waals surface area contributed by atoms with Gasteiger partial charge in [-0.2, -0.15) is 9.61 Å². The predicted molar refractivity (Wildman–Crippen MR) is 112 cm³/mol. The lowest BCUT2D eigenvalue weighted by Crippen LogP contribution is -2.37. The van der Waals surface area contributed by atoms with Crippen LogP contribution in [0.15, 0.2) is 30.3 Å². The maximum atomic E-state index is 5.30. The number of anilines is 1. The number of hydrogen-bond donors (Lipinski definition) is 0. The molecule has 5 nitrogen and oxygen atoms in total. The summed E-state index contributed by atoms with van der Waals surface area (Å²) < 4.78 is 7.41. The summed E-state index contributed by atoms with van der Waals surface area (Å²) in [5.74, 6) is 2.89. The van der Waals surface area contributed by atoms with Crippen molar-refractivity contribution >= 4 is 11.5 Å². The zero-order valence-corrected chi connectivity index (χ0v) is 16.8. The minimum Gasteiger partial charge on any atom is -0.497 e. The van der Waals surface area contributed by atoms with Crippen LogP contribution in [-0.4, -0.2) is 34.8 Å². The molecular weight excluding hydrogens is 348 g/mol. The molecule has 2 aliphatic rings. The first-order valence-corrected chi connectivity index (χ1v) is 10.5. The second-order valence-electron chi connectivity index (χ2n) is 8.29. The number of methoxy groups -OCH3 is 1. The quantitative estimate of drug-likeness (QED) is 0.674. The number of fused-ring (bicyclic) bond motifs is 2. The van der Waals surface area contributed by atoms with Gasteiger partial charge in [-0.1, -0.05) is 6.92 Å². The Hall–Kier alpha value is -2.56. The Balaban J connectivity index is 1.65. The molecule has 0 saturated carbocycles. The number of ether oxygens (including phenoxy) is 1. The lowest BCUT2D eigenvalue weighted by Gasteiger charge is -2.35. The van der Waals surface area contributed by atoms with Gasteiger partial charge in [-0.05, 0) is 68.7 Å². The Labute approximate surface area is 166 Å². The molecule has 0 unspecified atom stereocenters. The molecule has 5 rings (SSSR count). The van der Waals surface area contributed by atoms with Gasteiger partial charge < -0.3 is 9.64 Å². The first-order chi connectivity index (χ1) is 13.7. The summed E-state index contributed by atoms with van der Waals surface area (Å²) in [4.78, 5) is 7.59. The average Bonchev–Trinajstić information content (AvgIpc) is 3.15. The normalized spacial score (nSPS) is 19.6. The van der Waals surface area contributed by atoms with Crippen molar-refractivity contribution < 1.29 is 4.74 Å². The summed E-state index contributed by atoms with van der Waals surface area (Å²) in [6, 6.07) is 10.3. The van der Waals surface area contributed by atoms with Gasteiger partial charge in [-0.15, -0.1) is 0 Å². The van der Waals surface area contributed by atoms with Crippen molar-refractivity contribution in [2.24, 2.45) is 5.92 Å². The van der Waals surface area contributed by atoms with Crippen LogP contribution < -0.4 is 9.64 Å². The number of nitrogens with zero attached hydrogens (tertiary/aromatic N) is 4. The number of hydrogen-bond acceptors (Lipinski definition) is 4. The Kier molecular flexibility index (Phi) is 4.46. The van der Waals surface area contributed by atoms with Gasteiger partial charge in [0.1, 0.15) is 11.6 Å². The smallest absolute Gasteiger partial charge is 0.158 e. The summed E-state index contributed by atoms with van der Waals surface area (Å²) in [6.07, 6.45) is 7.28. The molecule has 28 heavy (non-hydrogen) atoms. The van der Waals surface area contributed by atoms with Gasteiger partial charge in [0.05, 0.1) is 12.8 Å². The second-order valence-corrected chi connectivity index (χ2v) is 8.29. The summed E-state index contributed by atoms with van der Waals surface area (Å²) in [6.45, 7) is 4.60. The summed E-state index contributed by atoms with van der Waals surface area (Å²) in [7, 11) is 1.69. The maximum Gasteiger partial charge on any atom is 0.158 e. The van der Waals surface area contributed by atoms with Crippen LogP contribution in [0.25, 0.3) is 16.9 Å². The molecule has 1 aliphatic heterocycles. The van der Waals surface area contributed by atoms with Gasteiger partial charge in [-0.25, -0.2) is 4.98 Å². The van der Waals surface area contributed by atoms with E-state index in [0.717, 1.165) is 54.5 Å². The molecule has 0 N–H and O–H groups in total.